The first kappa shape index (κ1) is 18.1. The minimum absolute atomic E-state index is 0.164. The third kappa shape index (κ3) is 4.48. The molecule has 1 atom stereocenters. The molecule has 2 aromatic carbocycles. The zero-order chi connectivity index (χ0) is 17.9. The molecule has 0 bridgehead atoms. The van der Waals surface area contributed by atoms with Crippen molar-refractivity contribution in [3.8, 4) is 0 Å². The van der Waals surface area contributed by atoms with Gasteiger partial charge in [0, 0.05) is 21.3 Å². The Hall–Kier alpha value is -1.70. The van der Waals surface area contributed by atoms with E-state index in [0.717, 1.165) is 15.3 Å². The maximum atomic E-state index is 12.3. The van der Waals surface area contributed by atoms with E-state index < -0.39 is 16.1 Å². The molecule has 130 valence electrons. The molecule has 0 saturated carbocycles. The molecule has 1 aromatic heterocycles. The zero-order valence-corrected chi connectivity index (χ0v) is 15.5. The zero-order valence-electron chi connectivity index (χ0n) is 13.1. The molecule has 0 aliphatic heterocycles. The molecule has 0 amide bonds. The first-order valence-electron chi connectivity index (χ1n) is 7.52. The van der Waals surface area contributed by atoms with E-state index in [0.29, 0.717) is 5.02 Å². The third-order valence-electron chi connectivity index (χ3n) is 3.63. The number of hydrogen-bond donors (Lipinski definition) is 2. The SMILES string of the molecule is O=S(=O)(NCc1ccc([C@H](O)c2ccccc2)s1)c1ccc(Cl)cc1. The van der Waals surface area contributed by atoms with Crippen LogP contribution in [0.3, 0.4) is 0 Å². The lowest BCUT2D eigenvalue weighted by Crippen LogP contribution is -2.22. The smallest absolute Gasteiger partial charge is 0.240 e. The number of benzene rings is 2. The summed E-state index contributed by atoms with van der Waals surface area (Å²) in [5, 5.41) is 10.9. The number of aliphatic hydroxyl groups is 1. The summed E-state index contributed by atoms with van der Waals surface area (Å²) in [7, 11) is -3.60. The van der Waals surface area contributed by atoms with Crippen LogP contribution in [0.5, 0.6) is 0 Å². The van der Waals surface area contributed by atoms with E-state index in [1.54, 1.807) is 0 Å². The molecule has 3 rings (SSSR count). The fraction of sp³-hybridized carbons (Fsp3) is 0.111. The summed E-state index contributed by atoms with van der Waals surface area (Å²) >= 11 is 7.16. The van der Waals surface area contributed by atoms with E-state index in [9.17, 15) is 13.5 Å². The van der Waals surface area contributed by atoms with Crippen LogP contribution in [0, 0.1) is 0 Å². The molecule has 0 aliphatic carbocycles. The molecule has 3 aromatic rings. The Balaban J connectivity index is 1.68. The molecule has 1 heterocycles. The number of sulfonamides is 1. The van der Waals surface area contributed by atoms with Crippen molar-refractivity contribution in [3.63, 3.8) is 0 Å². The summed E-state index contributed by atoms with van der Waals surface area (Å²) in [5.41, 5.74) is 0.803. The summed E-state index contributed by atoms with van der Waals surface area (Å²) in [4.78, 5) is 1.76. The van der Waals surface area contributed by atoms with E-state index >= 15 is 0 Å². The van der Waals surface area contributed by atoms with Gasteiger partial charge in [0.05, 0.1) is 4.90 Å². The van der Waals surface area contributed by atoms with Crippen molar-refractivity contribution in [2.45, 2.75) is 17.5 Å². The van der Waals surface area contributed by atoms with Crippen molar-refractivity contribution >= 4 is 33.0 Å². The quantitative estimate of drug-likeness (QED) is 0.666. The molecule has 7 heteroatoms. The fourth-order valence-corrected chi connectivity index (χ4v) is 4.49. The molecule has 0 fully saturated rings. The summed E-state index contributed by atoms with van der Waals surface area (Å²) < 4.78 is 27.1. The molecule has 0 unspecified atom stereocenters. The third-order valence-corrected chi connectivity index (χ3v) is 6.43. The highest BCUT2D eigenvalue weighted by molar-refractivity contribution is 7.89. The van der Waals surface area contributed by atoms with Crippen molar-refractivity contribution < 1.29 is 13.5 Å². The highest BCUT2D eigenvalue weighted by Gasteiger charge is 2.16. The predicted octanol–water partition coefficient (Wildman–Crippen LogP) is 3.96. The van der Waals surface area contributed by atoms with Gasteiger partial charge in [-0.2, -0.15) is 0 Å². The van der Waals surface area contributed by atoms with E-state index in [4.69, 9.17) is 11.6 Å². The summed E-state index contributed by atoms with van der Waals surface area (Å²) in [6, 6.07) is 19.0. The molecule has 0 spiro atoms. The van der Waals surface area contributed by atoms with Crippen LogP contribution in [0.1, 0.15) is 21.4 Å². The lowest BCUT2D eigenvalue weighted by molar-refractivity contribution is 0.224. The first-order chi connectivity index (χ1) is 12.0. The first-order valence-corrected chi connectivity index (χ1v) is 10.2. The van der Waals surface area contributed by atoms with E-state index in [2.05, 4.69) is 4.72 Å². The van der Waals surface area contributed by atoms with Crippen molar-refractivity contribution in [2.24, 2.45) is 0 Å². The Morgan fingerprint density at radius 2 is 1.68 bits per heavy atom. The van der Waals surface area contributed by atoms with Crippen molar-refractivity contribution in [1.82, 2.24) is 4.72 Å². The maximum Gasteiger partial charge on any atom is 0.240 e. The minimum Gasteiger partial charge on any atom is -0.383 e. The van der Waals surface area contributed by atoms with Gasteiger partial charge in [-0.15, -0.1) is 11.3 Å². The van der Waals surface area contributed by atoms with Gasteiger partial charge < -0.3 is 5.11 Å². The minimum atomic E-state index is -3.60. The summed E-state index contributed by atoms with van der Waals surface area (Å²) in [6.07, 6.45) is -0.715. The predicted molar refractivity (Wildman–Crippen MR) is 100 cm³/mol. The number of halogens is 1. The topological polar surface area (TPSA) is 66.4 Å². The van der Waals surface area contributed by atoms with Gasteiger partial charge in [0.1, 0.15) is 6.10 Å². The number of thiophene rings is 1. The Morgan fingerprint density at radius 3 is 2.36 bits per heavy atom. The van der Waals surface area contributed by atoms with Gasteiger partial charge in [0.25, 0.3) is 0 Å². The van der Waals surface area contributed by atoms with Crippen molar-refractivity contribution in [1.29, 1.82) is 0 Å². The van der Waals surface area contributed by atoms with Gasteiger partial charge >= 0.3 is 0 Å². The van der Waals surface area contributed by atoms with Gasteiger partial charge in [0.15, 0.2) is 0 Å². The van der Waals surface area contributed by atoms with Gasteiger partial charge in [-0.1, -0.05) is 41.9 Å². The Morgan fingerprint density at radius 1 is 1.00 bits per heavy atom. The van der Waals surface area contributed by atoms with Crippen LogP contribution in [0.25, 0.3) is 0 Å². The number of rotatable bonds is 6. The van der Waals surface area contributed by atoms with E-state index in [1.807, 2.05) is 42.5 Å². The molecule has 0 radical (unpaired) electrons. The van der Waals surface area contributed by atoms with Crippen LogP contribution in [-0.4, -0.2) is 13.5 Å². The Bertz CT molecular complexity index is 938. The van der Waals surface area contributed by atoms with Crippen LogP contribution in [0.4, 0.5) is 0 Å². The average molecular weight is 394 g/mol. The summed E-state index contributed by atoms with van der Waals surface area (Å²) in [5.74, 6) is 0. The molecule has 0 aliphatic rings. The Kier molecular flexibility index (Phi) is 5.56. The standard InChI is InChI=1S/C18H16ClNO3S2/c19-14-6-9-16(10-7-14)25(22,23)20-12-15-8-11-17(24-15)18(21)13-4-2-1-3-5-13/h1-11,18,20-21H,12H2/t18-/m1/s1. The summed E-state index contributed by atoms with van der Waals surface area (Å²) in [6.45, 7) is 0.164. The Labute approximate surface area is 155 Å². The largest absolute Gasteiger partial charge is 0.383 e. The molecule has 2 N–H and O–H groups in total. The van der Waals surface area contributed by atoms with Crippen LogP contribution in [0.2, 0.25) is 5.02 Å². The number of nitrogens with one attached hydrogen (secondary N) is 1. The lowest BCUT2D eigenvalue weighted by atomic mass is 10.1. The number of hydrogen-bond acceptors (Lipinski definition) is 4. The van der Waals surface area contributed by atoms with Crippen LogP contribution < -0.4 is 4.72 Å². The average Bonchev–Trinajstić information content (AvgIpc) is 3.10. The van der Waals surface area contributed by atoms with Gasteiger partial charge in [-0.3, -0.25) is 0 Å². The van der Waals surface area contributed by atoms with Crippen LogP contribution in [0.15, 0.2) is 71.6 Å². The number of aliphatic hydroxyl groups excluding tert-OH is 1. The highest BCUT2D eigenvalue weighted by atomic mass is 35.5. The normalized spacial score (nSPS) is 12.9. The second kappa shape index (κ2) is 7.68. The van der Waals surface area contributed by atoms with Gasteiger partial charge in [-0.05, 0) is 42.0 Å². The van der Waals surface area contributed by atoms with Crippen molar-refractivity contribution in [3.05, 3.63) is 87.1 Å². The second-order valence-corrected chi connectivity index (χ2v) is 8.80. The molecular weight excluding hydrogens is 378 g/mol. The second-order valence-electron chi connectivity index (χ2n) is 5.40. The van der Waals surface area contributed by atoms with Gasteiger partial charge in [0.2, 0.25) is 10.0 Å². The van der Waals surface area contributed by atoms with Gasteiger partial charge in [-0.25, -0.2) is 13.1 Å². The molecular formula is C18H16ClNO3S2. The highest BCUT2D eigenvalue weighted by Crippen LogP contribution is 2.28. The molecule has 25 heavy (non-hydrogen) atoms. The van der Waals surface area contributed by atoms with Crippen LogP contribution in [-0.2, 0) is 16.6 Å². The molecule has 0 saturated heterocycles. The lowest BCUT2D eigenvalue weighted by Gasteiger charge is -2.08. The van der Waals surface area contributed by atoms with E-state index in [-0.39, 0.29) is 11.4 Å². The maximum absolute atomic E-state index is 12.3. The monoisotopic (exact) mass is 393 g/mol. The van der Waals surface area contributed by atoms with Crippen LogP contribution >= 0.6 is 22.9 Å². The fourth-order valence-electron chi connectivity index (χ4n) is 2.30. The molecule has 4 nitrogen and oxygen atoms in total. The van der Waals surface area contributed by atoms with Crippen molar-refractivity contribution in [2.75, 3.05) is 0 Å². The van der Waals surface area contributed by atoms with E-state index in [1.165, 1.54) is 35.6 Å².